The molecule has 0 amide bonds. The summed E-state index contributed by atoms with van der Waals surface area (Å²) in [5, 5.41) is 0.186. The molecular weight excluding hydrogens is 193 g/mol. The number of hydrogen-bond donors (Lipinski definition) is 1. The zero-order valence-electron chi connectivity index (χ0n) is 6.37. The smallest absolute Gasteiger partial charge is 0.0589 e. The van der Waals surface area contributed by atoms with E-state index in [-0.39, 0.29) is 10.8 Å². The molecule has 0 aromatic heterocycles. The zero-order chi connectivity index (χ0) is 8.72. The van der Waals surface area contributed by atoms with E-state index in [1.807, 2.05) is 24.3 Å². The van der Waals surface area contributed by atoms with Crippen LogP contribution in [0.3, 0.4) is 0 Å². The number of hydrogen-bond acceptors (Lipinski definition) is 1. The van der Waals surface area contributed by atoms with Crippen LogP contribution in [-0.2, 0) is 0 Å². The van der Waals surface area contributed by atoms with Crippen molar-refractivity contribution in [2.24, 2.45) is 0 Å². The predicted molar refractivity (Wildman–Crippen MR) is 52.9 cm³/mol. The van der Waals surface area contributed by atoms with E-state index in [4.69, 9.17) is 28.9 Å². The lowest BCUT2D eigenvalue weighted by Gasteiger charge is -1.97. The number of nitrogen functional groups attached to an aromatic ring is 1. The van der Waals surface area contributed by atoms with Crippen molar-refractivity contribution in [2.45, 2.75) is 16.7 Å². The Balaban J connectivity index is 2.20. The van der Waals surface area contributed by atoms with Crippen LogP contribution in [0, 0.1) is 0 Å². The van der Waals surface area contributed by atoms with Crippen molar-refractivity contribution in [2.75, 3.05) is 5.73 Å². The number of halogens is 2. The predicted octanol–water partition coefficient (Wildman–Crippen LogP) is 2.58. The quantitative estimate of drug-likeness (QED) is 0.549. The van der Waals surface area contributed by atoms with E-state index < -0.39 is 0 Å². The lowest BCUT2D eigenvalue weighted by molar-refractivity contribution is 1.13. The number of rotatable bonds is 1. The Bertz CT molecular complexity index is 275. The second-order valence-electron chi connectivity index (χ2n) is 3.08. The van der Waals surface area contributed by atoms with Crippen LogP contribution in [-0.4, -0.2) is 10.8 Å². The van der Waals surface area contributed by atoms with E-state index in [1.165, 1.54) is 5.56 Å². The third-order valence-corrected chi connectivity index (χ3v) is 3.39. The Morgan fingerprint density at radius 3 is 1.92 bits per heavy atom. The molecule has 3 heteroatoms. The first-order chi connectivity index (χ1) is 5.70. The molecule has 64 valence electrons. The van der Waals surface area contributed by atoms with Gasteiger partial charge >= 0.3 is 0 Å². The van der Waals surface area contributed by atoms with Gasteiger partial charge in [0.25, 0.3) is 0 Å². The van der Waals surface area contributed by atoms with Crippen molar-refractivity contribution in [3.63, 3.8) is 0 Å². The minimum absolute atomic E-state index is 0.0929. The van der Waals surface area contributed by atoms with Crippen molar-refractivity contribution >= 4 is 28.9 Å². The standard InChI is InChI=1S/C9H9Cl2N/c10-8-7(9(8)11)5-1-3-6(12)4-2-5/h1-4,7-9H,12H2. The number of anilines is 1. The molecule has 0 radical (unpaired) electrons. The molecule has 2 N–H and O–H groups in total. The summed E-state index contributed by atoms with van der Waals surface area (Å²) >= 11 is 11.8. The monoisotopic (exact) mass is 201 g/mol. The topological polar surface area (TPSA) is 26.0 Å². The number of nitrogens with two attached hydrogens (primary N) is 1. The van der Waals surface area contributed by atoms with Crippen LogP contribution in [0.4, 0.5) is 5.69 Å². The SMILES string of the molecule is Nc1ccc(C2C(Cl)C2Cl)cc1. The molecule has 0 heterocycles. The Morgan fingerprint density at radius 2 is 1.50 bits per heavy atom. The normalized spacial score (nSPS) is 33.3. The van der Waals surface area contributed by atoms with E-state index in [1.54, 1.807) is 0 Å². The van der Waals surface area contributed by atoms with Crippen molar-refractivity contribution in [1.82, 2.24) is 0 Å². The van der Waals surface area contributed by atoms with Crippen LogP contribution in [0.15, 0.2) is 24.3 Å². The van der Waals surface area contributed by atoms with E-state index in [9.17, 15) is 0 Å². The summed E-state index contributed by atoms with van der Waals surface area (Å²) in [6, 6.07) is 7.72. The molecule has 1 saturated carbocycles. The third-order valence-electron chi connectivity index (χ3n) is 2.17. The molecule has 0 bridgehead atoms. The highest BCUT2D eigenvalue weighted by atomic mass is 35.5. The van der Waals surface area contributed by atoms with Crippen molar-refractivity contribution in [3.05, 3.63) is 29.8 Å². The van der Waals surface area contributed by atoms with E-state index >= 15 is 0 Å². The fraction of sp³-hybridized carbons (Fsp3) is 0.333. The van der Waals surface area contributed by atoms with Crippen molar-refractivity contribution in [1.29, 1.82) is 0 Å². The highest BCUT2D eigenvalue weighted by molar-refractivity contribution is 6.35. The average molecular weight is 202 g/mol. The minimum Gasteiger partial charge on any atom is -0.399 e. The van der Waals surface area contributed by atoms with Gasteiger partial charge in [0.15, 0.2) is 0 Å². The van der Waals surface area contributed by atoms with E-state index in [0.717, 1.165) is 5.69 Å². The largest absolute Gasteiger partial charge is 0.399 e. The average Bonchev–Trinajstić information content (AvgIpc) is 2.63. The molecule has 1 aliphatic rings. The van der Waals surface area contributed by atoms with Gasteiger partial charge in [0, 0.05) is 11.6 Å². The van der Waals surface area contributed by atoms with Crippen LogP contribution in [0.5, 0.6) is 0 Å². The van der Waals surface area contributed by atoms with Gasteiger partial charge in [-0.3, -0.25) is 0 Å². The second kappa shape index (κ2) is 2.82. The first kappa shape index (κ1) is 8.21. The summed E-state index contributed by atoms with van der Waals surface area (Å²) < 4.78 is 0. The van der Waals surface area contributed by atoms with Gasteiger partial charge in [-0.1, -0.05) is 12.1 Å². The maximum Gasteiger partial charge on any atom is 0.0589 e. The van der Waals surface area contributed by atoms with Gasteiger partial charge in [-0.15, -0.1) is 23.2 Å². The molecule has 1 aromatic rings. The number of alkyl halides is 2. The Kier molecular flexibility index (Phi) is 1.93. The van der Waals surface area contributed by atoms with Crippen LogP contribution in [0.1, 0.15) is 11.5 Å². The molecule has 0 aliphatic heterocycles. The first-order valence-corrected chi connectivity index (χ1v) is 4.71. The Morgan fingerprint density at radius 1 is 1.00 bits per heavy atom. The maximum atomic E-state index is 5.91. The summed E-state index contributed by atoms with van der Waals surface area (Å²) in [4.78, 5) is 0. The molecule has 1 fully saturated rings. The third kappa shape index (κ3) is 1.27. The Labute approximate surface area is 81.5 Å². The molecule has 1 aliphatic carbocycles. The van der Waals surface area contributed by atoms with Crippen molar-refractivity contribution < 1.29 is 0 Å². The Hall–Kier alpha value is -0.400. The molecule has 2 unspecified atom stereocenters. The van der Waals surface area contributed by atoms with Gasteiger partial charge in [-0.2, -0.15) is 0 Å². The van der Waals surface area contributed by atoms with E-state index in [0.29, 0.717) is 5.92 Å². The fourth-order valence-electron chi connectivity index (χ4n) is 1.33. The molecule has 2 atom stereocenters. The van der Waals surface area contributed by atoms with Gasteiger partial charge in [0.1, 0.15) is 0 Å². The lowest BCUT2D eigenvalue weighted by atomic mass is 10.1. The zero-order valence-corrected chi connectivity index (χ0v) is 7.89. The highest BCUT2D eigenvalue weighted by Gasteiger charge is 2.48. The molecule has 0 saturated heterocycles. The molecular formula is C9H9Cl2N. The second-order valence-corrected chi connectivity index (χ2v) is 4.09. The maximum absolute atomic E-state index is 5.91. The van der Waals surface area contributed by atoms with Gasteiger partial charge in [-0.05, 0) is 17.7 Å². The van der Waals surface area contributed by atoms with Crippen molar-refractivity contribution in [3.8, 4) is 0 Å². The van der Waals surface area contributed by atoms with Gasteiger partial charge in [0.2, 0.25) is 0 Å². The van der Waals surface area contributed by atoms with Crippen LogP contribution >= 0.6 is 23.2 Å². The molecule has 0 spiro atoms. The summed E-state index contributed by atoms with van der Waals surface area (Å²) in [5.74, 6) is 0.314. The van der Waals surface area contributed by atoms with Gasteiger partial charge in [-0.25, -0.2) is 0 Å². The summed E-state index contributed by atoms with van der Waals surface area (Å²) in [6.45, 7) is 0. The fourth-order valence-corrected chi connectivity index (χ4v) is 2.15. The van der Waals surface area contributed by atoms with Crippen LogP contribution < -0.4 is 5.73 Å². The van der Waals surface area contributed by atoms with Gasteiger partial charge < -0.3 is 5.73 Å². The minimum atomic E-state index is 0.0929. The molecule has 1 nitrogen and oxygen atoms in total. The van der Waals surface area contributed by atoms with Crippen LogP contribution in [0.2, 0.25) is 0 Å². The molecule has 2 rings (SSSR count). The lowest BCUT2D eigenvalue weighted by Crippen LogP contribution is -1.86. The molecule has 1 aromatic carbocycles. The van der Waals surface area contributed by atoms with Crippen LogP contribution in [0.25, 0.3) is 0 Å². The first-order valence-electron chi connectivity index (χ1n) is 3.84. The summed E-state index contributed by atoms with van der Waals surface area (Å²) in [7, 11) is 0. The van der Waals surface area contributed by atoms with E-state index in [2.05, 4.69) is 0 Å². The highest BCUT2D eigenvalue weighted by Crippen LogP contribution is 2.49. The number of benzene rings is 1. The molecule has 12 heavy (non-hydrogen) atoms. The summed E-state index contributed by atoms with van der Waals surface area (Å²) in [6.07, 6.45) is 0. The van der Waals surface area contributed by atoms with Gasteiger partial charge in [0.05, 0.1) is 10.8 Å². The summed E-state index contributed by atoms with van der Waals surface area (Å²) in [5.41, 5.74) is 7.51.